The van der Waals surface area contributed by atoms with E-state index in [0.717, 1.165) is 0 Å². The molecule has 1 rings (SSSR count). The first-order valence-corrected chi connectivity index (χ1v) is 5.28. The van der Waals surface area contributed by atoms with Crippen LogP contribution in [-0.4, -0.2) is 22.9 Å². The summed E-state index contributed by atoms with van der Waals surface area (Å²) < 4.78 is 0. The summed E-state index contributed by atoms with van der Waals surface area (Å²) in [5.41, 5.74) is 0. The normalized spacial score (nSPS) is 22.3. The minimum atomic E-state index is -0.192. The predicted molar refractivity (Wildman–Crippen MR) is 53.4 cm³/mol. The van der Waals surface area contributed by atoms with E-state index in [9.17, 15) is 5.11 Å². The van der Waals surface area contributed by atoms with Crippen LogP contribution in [0.3, 0.4) is 0 Å². The Hall–Kier alpha value is -0.340. The summed E-state index contributed by atoms with van der Waals surface area (Å²) in [6.07, 6.45) is 10.3. The van der Waals surface area contributed by atoms with Crippen LogP contribution in [0.4, 0.5) is 0 Å². The topological polar surface area (TPSA) is 40.5 Å². The van der Waals surface area contributed by atoms with Crippen molar-refractivity contribution in [2.45, 2.75) is 44.6 Å². The lowest BCUT2D eigenvalue weighted by molar-refractivity contribution is 0.0872. The van der Waals surface area contributed by atoms with E-state index >= 15 is 0 Å². The van der Waals surface area contributed by atoms with Crippen molar-refractivity contribution in [1.82, 2.24) is 0 Å². The third-order valence-electron chi connectivity index (χ3n) is 2.84. The lowest BCUT2D eigenvalue weighted by atomic mass is 9.84. The maximum atomic E-state index is 9.77. The molecule has 0 spiro atoms. The molecule has 0 aromatic heterocycles. The van der Waals surface area contributed by atoms with Crippen molar-refractivity contribution in [2.24, 2.45) is 5.92 Å². The van der Waals surface area contributed by atoms with Gasteiger partial charge in [0.1, 0.15) is 0 Å². The first-order valence-electron chi connectivity index (χ1n) is 5.28. The van der Waals surface area contributed by atoms with E-state index in [2.05, 4.69) is 0 Å². The molecule has 0 heterocycles. The average Bonchev–Trinajstić information content (AvgIpc) is 2.19. The van der Waals surface area contributed by atoms with Crippen LogP contribution in [0.1, 0.15) is 38.5 Å². The van der Waals surface area contributed by atoms with Crippen LogP contribution in [-0.2, 0) is 0 Å². The molecule has 0 aliphatic heterocycles. The monoisotopic (exact) mass is 184 g/mol. The molecule has 1 aliphatic carbocycles. The van der Waals surface area contributed by atoms with Crippen LogP contribution < -0.4 is 0 Å². The summed E-state index contributed by atoms with van der Waals surface area (Å²) >= 11 is 0. The number of hydrogen-bond acceptors (Lipinski definition) is 2. The maximum Gasteiger partial charge on any atom is 0.0612 e. The van der Waals surface area contributed by atoms with Gasteiger partial charge in [-0.15, -0.1) is 0 Å². The van der Waals surface area contributed by atoms with Gasteiger partial charge in [-0.3, -0.25) is 0 Å². The summed E-state index contributed by atoms with van der Waals surface area (Å²) in [4.78, 5) is 0. The Morgan fingerprint density at radius 3 is 2.46 bits per heavy atom. The third-order valence-corrected chi connectivity index (χ3v) is 2.84. The van der Waals surface area contributed by atoms with Crippen LogP contribution in [0, 0.1) is 5.92 Å². The number of aliphatic hydroxyl groups is 2. The van der Waals surface area contributed by atoms with E-state index in [4.69, 9.17) is 5.11 Å². The summed E-state index contributed by atoms with van der Waals surface area (Å²) in [6.45, 7) is 0.0807. The quantitative estimate of drug-likeness (QED) is 0.655. The van der Waals surface area contributed by atoms with Crippen molar-refractivity contribution in [1.29, 1.82) is 0 Å². The fourth-order valence-electron chi connectivity index (χ4n) is 2.02. The Bertz CT molecular complexity index is 148. The smallest absolute Gasteiger partial charge is 0.0612 e. The first-order chi connectivity index (χ1) is 6.34. The zero-order valence-electron chi connectivity index (χ0n) is 8.15. The van der Waals surface area contributed by atoms with Gasteiger partial charge in [0.15, 0.2) is 0 Å². The highest BCUT2D eigenvalue weighted by molar-refractivity contribution is 4.86. The fraction of sp³-hybridized carbons (Fsp3) is 0.818. The largest absolute Gasteiger partial charge is 0.393 e. The van der Waals surface area contributed by atoms with Gasteiger partial charge >= 0.3 is 0 Å². The van der Waals surface area contributed by atoms with Crippen molar-refractivity contribution in [3.8, 4) is 0 Å². The third kappa shape index (κ3) is 3.92. The highest BCUT2D eigenvalue weighted by Crippen LogP contribution is 2.27. The predicted octanol–water partition coefficient (Wildman–Crippen LogP) is 1.87. The number of aliphatic hydroxyl groups excluding tert-OH is 2. The van der Waals surface area contributed by atoms with Gasteiger partial charge in [0.05, 0.1) is 12.7 Å². The molecule has 0 radical (unpaired) electrons. The van der Waals surface area contributed by atoms with Gasteiger partial charge in [-0.2, -0.15) is 0 Å². The average molecular weight is 184 g/mol. The molecule has 1 aliphatic rings. The van der Waals surface area contributed by atoms with Crippen molar-refractivity contribution in [3.63, 3.8) is 0 Å². The minimum absolute atomic E-state index is 0.0807. The molecule has 0 amide bonds. The van der Waals surface area contributed by atoms with E-state index in [-0.39, 0.29) is 12.7 Å². The Morgan fingerprint density at radius 2 is 1.85 bits per heavy atom. The molecule has 1 fully saturated rings. The molecule has 0 bridgehead atoms. The molecule has 1 unspecified atom stereocenters. The highest BCUT2D eigenvalue weighted by atomic mass is 16.3. The second kappa shape index (κ2) is 6.17. The standard InChI is InChI=1S/C11H20O2/c12-9-5-4-8-11(13)10-6-2-1-3-7-10/h4-5,10-13H,1-3,6-9H2/b5-4+. The van der Waals surface area contributed by atoms with Gasteiger partial charge in [0, 0.05) is 0 Å². The molecule has 1 atom stereocenters. The minimum Gasteiger partial charge on any atom is -0.393 e. The number of hydrogen-bond donors (Lipinski definition) is 2. The second-order valence-corrected chi connectivity index (χ2v) is 3.86. The molecular weight excluding hydrogens is 164 g/mol. The van der Waals surface area contributed by atoms with Crippen LogP contribution in [0.15, 0.2) is 12.2 Å². The van der Waals surface area contributed by atoms with Gasteiger partial charge < -0.3 is 10.2 Å². The fourth-order valence-corrected chi connectivity index (χ4v) is 2.02. The molecule has 0 aromatic rings. The van der Waals surface area contributed by atoms with Gasteiger partial charge in [0.25, 0.3) is 0 Å². The lowest BCUT2D eigenvalue weighted by Crippen LogP contribution is -2.22. The second-order valence-electron chi connectivity index (χ2n) is 3.86. The van der Waals surface area contributed by atoms with Crippen LogP contribution in [0.25, 0.3) is 0 Å². The Balaban J connectivity index is 2.20. The van der Waals surface area contributed by atoms with Crippen LogP contribution in [0.5, 0.6) is 0 Å². The van der Waals surface area contributed by atoms with E-state index < -0.39 is 0 Å². The first kappa shape index (κ1) is 10.7. The van der Waals surface area contributed by atoms with Crippen LogP contribution in [0.2, 0.25) is 0 Å². The molecule has 2 N–H and O–H groups in total. The highest BCUT2D eigenvalue weighted by Gasteiger charge is 2.20. The molecule has 76 valence electrons. The SMILES string of the molecule is OC/C=C/CC(O)C1CCCCC1. The summed E-state index contributed by atoms with van der Waals surface area (Å²) in [6, 6.07) is 0. The van der Waals surface area contributed by atoms with E-state index in [0.29, 0.717) is 12.3 Å². The molecule has 2 heteroatoms. The van der Waals surface area contributed by atoms with Crippen molar-refractivity contribution in [3.05, 3.63) is 12.2 Å². The van der Waals surface area contributed by atoms with Crippen molar-refractivity contribution >= 4 is 0 Å². The van der Waals surface area contributed by atoms with Crippen LogP contribution >= 0.6 is 0 Å². The molecule has 0 aromatic carbocycles. The van der Waals surface area contributed by atoms with Gasteiger partial charge in [0.2, 0.25) is 0 Å². The molecule has 0 saturated heterocycles. The lowest BCUT2D eigenvalue weighted by Gasteiger charge is -2.25. The van der Waals surface area contributed by atoms with E-state index in [1.807, 2.05) is 6.08 Å². The summed E-state index contributed by atoms with van der Waals surface area (Å²) in [5.74, 6) is 0.497. The Kier molecular flexibility index (Phi) is 5.09. The molecule has 13 heavy (non-hydrogen) atoms. The van der Waals surface area contributed by atoms with Crippen molar-refractivity contribution < 1.29 is 10.2 Å². The van der Waals surface area contributed by atoms with Gasteiger partial charge in [-0.1, -0.05) is 31.4 Å². The Morgan fingerprint density at radius 1 is 1.15 bits per heavy atom. The summed E-state index contributed by atoms with van der Waals surface area (Å²) in [5, 5.41) is 18.3. The zero-order valence-corrected chi connectivity index (χ0v) is 8.15. The van der Waals surface area contributed by atoms with E-state index in [1.165, 1.54) is 32.1 Å². The number of rotatable bonds is 4. The maximum absolute atomic E-state index is 9.77. The Labute approximate surface area is 80.3 Å². The van der Waals surface area contributed by atoms with Gasteiger partial charge in [-0.05, 0) is 25.2 Å². The molecule has 1 saturated carbocycles. The van der Waals surface area contributed by atoms with Gasteiger partial charge in [-0.25, -0.2) is 0 Å². The molecular formula is C11H20O2. The van der Waals surface area contributed by atoms with E-state index in [1.54, 1.807) is 6.08 Å². The summed E-state index contributed by atoms with van der Waals surface area (Å²) in [7, 11) is 0. The van der Waals surface area contributed by atoms with Crippen molar-refractivity contribution in [2.75, 3.05) is 6.61 Å². The zero-order chi connectivity index (χ0) is 9.52. The molecule has 2 nitrogen and oxygen atoms in total.